The van der Waals surface area contributed by atoms with Crippen LogP contribution in [0.2, 0.25) is 0 Å². The number of hydrogen-bond donors (Lipinski definition) is 2. The SMILES string of the molecule is COc1ccc(/C=C2\N=C(SCC(=O)Nc3ccc(C)cc3)NC2=O)cc1. The smallest absolute Gasteiger partial charge is 0.275 e. The first-order chi connectivity index (χ1) is 13.0. The highest BCUT2D eigenvalue weighted by atomic mass is 32.2. The summed E-state index contributed by atoms with van der Waals surface area (Å²) in [6.45, 7) is 1.99. The number of nitrogens with one attached hydrogen (secondary N) is 2. The summed E-state index contributed by atoms with van der Waals surface area (Å²) in [4.78, 5) is 28.4. The molecule has 0 saturated heterocycles. The average Bonchev–Trinajstić information content (AvgIpc) is 3.02. The zero-order chi connectivity index (χ0) is 19.2. The number of nitrogens with zero attached hydrogens (tertiary/aromatic N) is 1. The van der Waals surface area contributed by atoms with Crippen LogP contribution in [0.5, 0.6) is 5.75 Å². The lowest BCUT2D eigenvalue weighted by Crippen LogP contribution is -2.23. The Morgan fingerprint density at radius 2 is 1.89 bits per heavy atom. The summed E-state index contributed by atoms with van der Waals surface area (Å²) in [5.41, 5.74) is 3.01. The Kier molecular flexibility index (Phi) is 5.93. The molecule has 0 saturated carbocycles. The van der Waals surface area contributed by atoms with Gasteiger partial charge >= 0.3 is 0 Å². The molecule has 1 aliphatic heterocycles. The van der Waals surface area contributed by atoms with Gasteiger partial charge in [0.05, 0.1) is 12.9 Å². The molecule has 138 valence electrons. The molecule has 7 heteroatoms. The van der Waals surface area contributed by atoms with Crippen LogP contribution in [0, 0.1) is 6.92 Å². The highest BCUT2D eigenvalue weighted by Gasteiger charge is 2.21. The van der Waals surface area contributed by atoms with E-state index in [1.807, 2.05) is 55.5 Å². The van der Waals surface area contributed by atoms with Crippen LogP contribution in [0.1, 0.15) is 11.1 Å². The Balaban J connectivity index is 1.57. The van der Waals surface area contributed by atoms with Crippen LogP contribution in [-0.2, 0) is 9.59 Å². The number of rotatable bonds is 5. The summed E-state index contributed by atoms with van der Waals surface area (Å²) in [6, 6.07) is 14.9. The van der Waals surface area contributed by atoms with Crippen molar-refractivity contribution in [2.24, 2.45) is 4.99 Å². The molecule has 1 aliphatic rings. The number of amidine groups is 1. The van der Waals surface area contributed by atoms with Gasteiger partial charge in [0.25, 0.3) is 5.91 Å². The van der Waals surface area contributed by atoms with Gasteiger partial charge in [0.1, 0.15) is 11.4 Å². The lowest BCUT2D eigenvalue weighted by molar-refractivity contribution is -0.116. The fourth-order valence-electron chi connectivity index (χ4n) is 2.34. The van der Waals surface area contributed by atoms with Crippen molar-refractivity contribution in [2.45, 2.75) is 6.92 Å². The summed E-state index contributed by atoms with van der Waals surface area (Å²) in [5, 5.41) is 5.90. The molecule has 0 aliphatic carbocycles. The number of aliphatic imine (C=N–C) groups is 1. The molecule has 2 aromatic rings. The number of aryl methyl sites for hydroxylation is 1. The molecule has 0 bridgehead atoms. The molecular weight excluding hydrogens is 362 g/mol. The lowest BCUT2D eigenvalue weighted by Gasteiger charge is -2.05. The van der Waals surface area contributed by atoms with Crippen molar-refractivity contribution >= 4 is 40.5 Å². The van der Waals surface area contributed by atoms with Crippen LogP contribution in [0.4, 0.5) is 5.69 Å². The number of benzene rings is 2. The Bertz CT molecular complexity index is 903. The highest BCUT2D eigenvalue weighted by molar-refractivity contribution is 8.14. The number of amides is 2. The third-order valence-corrected chi connectivity index (χ3v) is 4.64. The van der Waals surface area contributed by atoms with Crippen molar-refractivity contribution in [1.29, 1.82) is 0 Å². The van der Waals surface area contributed by atoms with Gasteiger partial charge in [0.2, 0.25) is 5.91 Å². The predicted molar refractivity (Wildman–Crippen MR) is 109 cm³/mol. The zero-order valence-corrected chi connectivity index (χ0v) is 15.8. The molecule has 2 aromatic carbocycles. The topological polar surface area (TPSA) is 79.8 Å². The van der Waals surface area contributed by atoms with Crippen LogP contribution in [0.25, 0.3) is 6.08 Å². The van der Waals surface area contributed by atoms with Crippen molar-refractivity contribution in [3.8, 4) is 5.75 Å². The molecule has 0 aromatic heterocycles. The minimum Gasteiger partial charge on any atom is -0.497 e. The highest BCUT2D eigenvalue weighted by Crippen LogP contribution is 2.19. The Morgan fingerprint density at radius 3 is 2.56 bits per heavy atom. The van der Waals surface area contributed by atoms with E-state index in [1.165, 1.54) is 11.8 Å². The first-order valence-corrected chi connectivity index (χ1v) is 9.27. The minimum absolute atomic E-state index is 0.156. The van der Waals surface area contributed by atoms with Crippen molar-refractivity contribution in [3.05, 3.63) is 65.4 Å². The molecule has 3 rings (SSSR count). The normalized spacial score (nSPS) is 14.7. The number of anilines is 1. The molecule has 0 spiro atoms. The third kappa shape index (κ3) is 5.21. The van der Waals surface area contributed by atoms with E-state index in [4.69, 9.17) is 4.74 Å². The van der Waals surface area contributed by atoms with Crippen LogP contribution < -0.4 is 15.4 Å². The number of carbonyl (C=O) groups excluding carboxylic acids is 2. The van der Waals surface area contributed by atoms with Crippen LogP contribution >= 0.6 is 11.8 Å². The van der Waals surface area contributed by atoms with E-state index in [9.17, 15) is 9.59 Å². The van der Waals surface area contributed by atoms with Crippen LogP contribution in [0.15, 0.2) is 59.2 Å². The van der Waals surface area contributed by atoms with Crippen LogP contribution in [-0.4, -0.2) is 29.8 Å². The van der Waals surface area contributed by atoms with E-state index < -0.39 is 0 Å². The maximum Gasteiger partial charge on any atom is 0.275 e. The van der Waals surface area contributed by atoms with E-state index in [2.05, 4.69) is 15.6 Å². The van der Waals surface area contributed by atoms with E-state index in [1.54, 1.807) is 13.2 Å². The molecule has 2 N–H and O–H groups in total. The summed E-state index contributed by atoms with van der Waals surface area (Å²) in [6.07, 6.45) is 1.69. The van der Waals surface area contributed by atoms with Crippen molar-refractivity contribution in [3.63, 3.8) is 0 Å². The van der Waals surface area contributed by atoms with Crippen molar-refractivity contribution in [1.82, 2.24) is 5.32 Å². The van der Waals surface area contributed by atoms with Crippen LogP contribution in [0.3, 0.4) is 0 Å². The maximum absolute atomic E-state index is 12.0. The third-order valence-electron chi connectivity index (χ3n) is 3.77. The largest absolute Gasteiger partial charge is 0.497 e. The first kappa shape index (κ1) is 18.7. The molecule has 2 amide bonds. The zero-order valence-electron chi connectivity index (χ0n) is 15.0. The monoisotopic (exact) mass is 381 g/mol. The molecule has 6 nitrogen and oxygen atoms in total. The van der Waals surface area contributed by atoms with E-state index in [-0.39, 0.29) is 17.6 Å². The van der Waals surface area contributed by atoms with Gasteiger partial charge in [0, 0.05) is 5.69 Å². The average molecular weight is 381 g/mol. The van der Waals surface area contributed by atoms with Gasteiger partial charge in [-0.25, -0.2) is 4.99 Å². The lowest BCUT2D eigenvalue weighted by atomic mass is 10.2. The van der Waals surface area contributed by atoms with Gasteiger partial charge in [-0.3, -0.25) is 14.9 Å². The molecule has 0 radical (unpaired) electrons. The molecule has 27 heavy (non-hydrogen) atoms. The standard InChI is InChI=1S/C20H19N3O3S/c1-13-3-7-15(8-4-13)21-18(24)12-27-20-22-17(19(25)23-20)11-14-5-9-16(26-2)10-6-14/h3-11H,12H2,1-2H3,(H,21,24)(H,22,23,25)/b17-11-. The summed E-state index contributed by atoms with van der Waals surface area (Å²) < 4.78 is 5.11. The Morgan fingerprint density at radius 1 is 1.19 bits per heavy atom. The second-order valence-corrected chi connectivity index (χ2v) is 6.84. The predicted octanol–water partition coefficient (Wildman–Crippen LogP) is 3.20. The number of thioether (sulfide) groups is 1. The van der Waals surface area contributed by atoms with Crippen molar-refractivity contribution in [2.75, 3.05) is 18.2 Å². The van der Waals surface area contributed by atoms with Gasteiger partial charge in [-0.15, -0.1) is 0 Å². The fraction of sp³-hybridized carbons (Fsp3) is 0.150. The number of hydrogen-bond acceptors (Lipinski definition) is 5. The van der Waals surface area contributed by atoms with Gasteiger partial charge in [-0.05, 0) is 42.8 Å². The Labute approximate surface area is 161 Å². The van der Waals surface area contributed by atoms with Gasteiger partial charge in [-0.1, -0.05) is 41.6 Å². The van der Waals surface area contributed by atoms with Gasteiger partial charge < -0.3 is 10.1 Å². The van der Waals surface area contributed by atoms with E-state index >= 15 is 0 Å². The van der Waals surface area contributed by atoms with Gasteiger partial charge in [-0.2, -0.15) is 0 Å². The van der Waals surface area contributed by atoms with E-state index in [0.29, 0.717) is 10.9 Å². The quantitative estimate of drug-likeness (QED) is 0.780. The second kappa shape index (κ2) is 8.55. The molecule has 0 fully saturated rings. The summed E-state index contributed by atoms with van der Waals surface area (Å²) in [7, 11) is 1.60. The molecule has 0 unspecified atom stereocenters. The van der Waals surface area contributed by atoms with E-state index in [0.717, 1.165) is 22.6 Å². The minimum atomic E-state index is -0.285. The Hall–Kier alpha value is -3.06. The molecular formula is C20H19N3O3S. The molecule has 0 atom stereocenters. The summed E-state index contributed by atoms with van der Waals surface area (Å²) >= 11 is 1.18. The fourth-order valence-corrected chi connectivity index (χ4v) is 3.01. The number of methoxy groups -OCH3 is 1. The van der Waals surface area contributed by atoms with Gasteiger partial charge in [0.15, 0.2) is 5.17 Å². The second-order valence-electron chi connectivity index (χ2n) is 5.88. The number of ether oxygens (including phenoxy) is 1. The maximum atomic E-state index is 12.0. The number of carbonyl (C=O) groups is 2. The summed E-state index contributed by atoms with van der Waals surface area (Å²) in [5.74, 6) is 0.455. The first-order valence-electron chi connectivity index (χ1n) is 8.28. The molecule has 1 heterocycles. The van der Waals surface area contributed by atoms with Crippen molar-refractivity contribution < 1.29 is 14.3 Å².